The van der Waals surface area contributed by atoms with Gasteiger partial charge in [0.15, 0.2) is 0 Å². The summed E-state index contributed by atoms with van der Waals surface area (Å²) in [5.74, 6) is -0.534. The summed E-state index contributed by atoms with van der Waals surface area (Å²) in [5.41, 5.74) is 2.13. The Morgan fingerprint density at radius 3 is 2.78 bits per heavy atom. The molecular weight excluding hydrogens is 342 g/mol. The number of amides is 3. The lowest BCUT2D eigenvalue weighted by atomic mass is 9.96. The van der Waals surface area contributed by atoms with Crippen molar-refractivity contribution in [3.8, 4) is 0 Å². The lowest BCUT2D eigenvalue weighted by Crippen LogP contribution is -2.48. The van der Waals surface area contributed by atoms with E-state index >= 15 is 0 Å². The molecule has 0 saturated carbocycles. The average Bonchev–Trinajstić information content (AvgIpc) is 2.72. The predicted molar refractivity (Wildman–Crippen MR) is 104 cm³/mol. The highest BCUT2D eigenvalue weighted by Crippen LogP contribution is 2.27. The maximum Gasteiger partial charge on any atom is 0.246 e. The Morgan fingerprint density at radius 2 is 2.00 bits per heavy atom. The second-order valence-corrected chi connectivity index (χ2v) is 7.30. The number of piperidine rings is 1. The maximum atomic E-state index is 12.8. The van der Waals surface area contributed by atoms with Gasteiger partial charge in [0.2, 0.25) is 17.7 Å². The molecular formula is C21H27N3O3. The number of likely N-dealkylation sites (N-methyl/N-ethyl adjacent to an activating group) is 1. The molecule has 27 heavy (non-hydrogen) atoms. The minimum Gasteiger partial charge on any atom is -0.338 e. The number of carbonyl (C=O) groups excluding carboxylic acids is 3. The molecule has 6 heteroatoms. The number of hydrogen-bond donors (Lipinski definition) is 0. The average molecular weight is 369 g/mol. The number of likely N-dealkylation sites (tertiary alicyclic amines) is 1. The summed E-state index contributed by atoms with van der Waals surface area (Å²) in [4.78, 5) is 42.4. The van der Waals surface area contributed by atoms with Gasteiger partial charge in [0.1, 0.15) is 0 Å². The fraction of sp³-hybridized carbons (Fsp3) is 0.476. The summed E-state index contributed by atoms with van der Waals surface area (Å²) in [5, 5.41) is 0. The third-order valence-corrected chi connectivity index (χ3v) is 5.42. The van der Waals surface area contributed by atoms with Gasteiger partial charge in [0.25, 0.3) is 0 Å². The highest BCUT2D eigenvalue weighted by Gasteiger charge is 2.31. The SMILES string of the molecule is C=CC(=O)N1CCCC(C(=O)N(C)CC(=O)N2CCCc3ccccc32)C1. The van der Waals surface area contributed by atoms with Gasteiger partial charge in [0, 0.05) is 32.4 Å². The van der Waals surface area contributed by atoms with Crippen LogP contribution in [0.15, 0.2) is 36.9 Å². The molecule has 0 aromatic heterocycles. The molecule has 1 saturated heterocycles. The van der Waals surface area contributed by atoms with Crippen LogP contribution in [0.1, 0.15) is 24.8 Å². The van der Waals surface area contributed by atoms with Crippen LogP contribution >= 0.6 is 0 Å². The fourth-order valence-corrected chi connectivity index (χ4v) is 3.98. The van der Waals surface area contributed by atoms with Gasteiger partial charge in [-0.15, -0.1) is 0 Å². The number of benzene rings is 1. The van der Waals surface area contributed by atoms with Crippen molar-refractivity contribution in [1.82, 2.24) is 9.80 Å². The molecule has 0 spiro atoms. The Bertz CT molecular complexity index is 746. The highest BCUT2D eigenvalue weighted by molar-refractivity contribution is 5.98. The molecule has 0 radical (unpaired) electrons. The van der Waals surface area contributed by atoms with E-state index in [9.17, 15) is 14.4 Å². The second kappa shape index (κ2) is 8.37. The molecule has 0 N–H and O–H groups in total. The van der Waals surface area contributed by atoms with Gasteiger partial charge in [-0.3, -0.25) is 14.4 Å². The first-order chi connectivity index (χ1) is 13.0. The lowest BCUT2D eigenvalue weighted by molar-refractivity contribution is -0.140. The Balaban J connectivity index is 1.62. The molecule has 1 aromatic rings. The molecule has 2 aliphatic rings. The van der Waals surface area contributed by atoms with Crippen LogP contribution in [0.2, 0.25) is 0 Å². The van der Waals surface area contributed by atoms with E-state index in [1.165, 1.54) is 16.5 Å². The van der Waals surface area contributed by atoms with Crippen LogP contribution in [0.3, 0.4) is 0 Å². The highest BCUT2D eigenvalue weighted by atomic mass is 16.2. The number of rotatable bonds is 4. The number of anilines is 1. The largest absolute Gasteiger partial charge is 0.338 e. The molecule has 144 valence electrons. The molecule has 1 unspecified atom stereocenters. The van der Waals surface area contributed by atoms with Crippen molar-refractivity contribution in [1.29, 1.82) is 0 Å². The summed E-state index contributed by atoms with van der Waals surface area (Å²) in [6.45, 7) is 5.30. The molecule has 1 aromatic carbocycles. The number of fused-ring (bicyclic) bond motifs is 1. The fourth-order valence-electron chi connectivity index (χ4n) is 3.98. The normalized spacial score (nSPS) is 19.2. The van der Waals surface area contributed by atoms with E-state index in [4.69, 9.17) is 0 Å². The van der Waals surface area contributed by atoms with Crippen molar-refractivity contribution in [2.75, 3.05) is 38.1 Å². The molecule has 3 rings (SSSR count). The van der Waals surface area contributed by atoms with Crippen molar-refractivity contribution >= 4 is 23.4 Å². The summed E-state index contributed by atoms with van der Waals surface area (Å²) >= 11 is 0. The van der Waals surface area contributed by atoms with E-state index in [2.05, 4.69) is 12.6 Å². The molecule has 2 heterocycles. The quantitative estimate of drug-likeness (QED) is 0.761. The lowest BCUT2D eigenvalue weighted by Gasteiger charge is -2.34. The summed E-state index contributed by atoms with van der Waals surface area (Å²) in [6.07, 6.45) is 4.72. The number of para-hydroxylation sites is 1. The van der Waals surface area contributed by atoms with Crippen LogP contribution in [0.25, 0.3) is 0 Å². The number of aryl methyl sites for hydroxylation is 1. The van der Waals surface area contributed by atoms with Gasteiger partial charge < -0.3 is 14.7 Å². The third kappa shape index (κ3) is 4.21. The van der Waals surface area contributed by atoms with Gasteiger partial charge in [-0.05, 0) is 43.4 Å². The first-order valence-corrected chi connectivity index (χ1v) is 9.56. The van der Waals surface area contributed by atoms with Crippen molar-refractivity contribution in [2.24, 2.45) is 5.92 Å². The van der Waals surface area contributed by atoms with Crippen molar-refractivity contribution in [2.45, 2.75) is 25.7 Å². The standard InChI is InChI=1S/C21H27N3O3/c1-3-19(25)23-12-6-10-17(14-23)21(27)22(2)15-20(26)24-13-7-9-16-8-4-5-11-18(16)24/h3-5,8,11,17H,1,6-7,9-10,12-15H2,2H3. The third-order valence-electron chi connectivity index (χ3n) is 5.42. The van der Waals surface area contributed by atoms with Crippen LogP contribution in [0.5, 0.6) is 0 Å². The van der Waals surface area contributed by atoms with Crippen molar-refractivity contribution in [3.63, 3.8) is 0 Å². The van der Waals surface area contributed by atoms with Gasteiger partial charge in [0.05, 0.1) is 12.5 Å². The zero-order valence-electron chi connectivity index (χ0n) is 15.9. The van der Waals surface area contributed by atoms with Gasteiger partial charge >= 0.3 is 0 Å². The van der Waals surface area contributed by atoms with Crippen molar-refractivity contribution in [3.05, 3.63) is 42.5 Å². The Kier molecular flexibility index (Phi) is 5.94. The molecule has 6 nitrogen and oxygen atoms in total. The molecule has 1 atom stereocenters. The summed E-state index contributed by atoms with van der Waals surface area (Å²) < 4.78 is 0. The van der Waals surface area contributed by atoms with Crippen LogP contribution in [0, 0.1) is 5.92 Å². The summed E-state index contributed by atoms with van der Waals surface area (Å²) in [7, 11) is 1.67. The van der Waals surface area contributed by atoms with E-state index < -0.39 is 0 Å². The van der Waals surface area contributed by atoms with Crippen LogP contribution in [-0.4, -0.2) is 60.7 Å². The van der Waals surface area contributed by atoms with E-state index in [1.807, 2.05) is 18.2 Å². The van der Waals surface area contributed by atoms with Gasteiger partial charge in [-0.2, -0.15) is 0 Å². The molecule has 2 aliphatic heterocycles. The maximum absolute atomic E-state index is 12.8. The first-order valence-electron chi connectivity index (χ1n) is 9.56. The van der Waals surface area contributed by atoms with Crippen LogP contribution in [-0.2, 0) is 20.8 Å². The zero-order valence-corrected chi connectivity index (χ0v) is 15.9. The van der Waals surface area contributed by atoms with Gasteiger partial charge in [-0.25, -0.2) is 0 Å². The van der Waals surface area contributed by atoms with Crippen molar-refractivity contribution < 1.29 is 14.4 Å². The summed E-state index contributed by atoms with van der Waals surface area (Å²) in [6, 6.07) is 7.94. The smallest absolute Gasteiger partial charge is 0.246 e. The van der Waals surface area contributed by atoms with E-state index in [0.717, 1.165) is 31.4 Å². The molecule has 3 amide bonds. The second-order valence-electron chi connectivity index (χ2n) is 7.30. The first kappa shape index (κ1) is 19.1. The van der Waals surface area contributed by atoms with E-state index in [0.29, 0.717) is 19.6 Å². The Hall–Kier alpha value is -2.63. The minimum atomic E-state index is -0.255. The molecule has 0 aliphatic carbocycles. The Labute approximate surface area is 160 Å². The zero-order chi connectivity index (χ0) is 19.4. The monoisotopic (exact) mass is 369 g/mol. The topological polar surface area (TPSA) is 60.9 Å². The number of carbonyl (C=O) groups is 3. The molecule has 1 fully saturated rings. The van der Waals surface area contributed by atoms with E-state index in [1.54, 1.807) is 16.8 Å². The molecule has 0 bridgehead atoms. The van der Waals surface area contributed by atoms with Gasteiger partial charge in [-0.1, -0.05) is 24.8 Å². The van der Waals surface area contributed by atoms with Crippen LogP contribution < -0.4 is 4.90 Å². The predicted octanol–water partition coefficient (Wildman–Crippen LogP) is 1.85. The van der Waals surface area contributed by atoms with E-state index in [-0.39, 0.29) is 30.2 Å². The minimum absolute atomic E-state index is 0.0546. The number of nitrogens with zero attached hydrogens (tertiary/aromatic N) is 3. The van der Waals surface area contributed by atoms with Crippen LogP contribution in [0.4, 0.5) is 5.69 Å². The number of hydrogen-bond acceptors (Lipinski definition) is 3. The Morgan fingerprint density at radius 1 is 1.22 bits per heavy atom.